The second kappa shape index (κ2) is 20.2. The first kappa shape index (κ1) is 34.1. The second-order valence-electron chi connectivity index (χ2n) is 7.03. The summed E-state index contributed by atoms with van der Waals surface area (Å²) in [5.74, 6) is 2.38. The van der Waals surface area contributed by atoms with Crippen molar-refractivity contribution in [3.05, 3.63) is 48.5 Å². The smallest absolute Gasteiger partial charge is 0.870 e. The Morgan fingerprint density at radius 2 is 1.45 bits per heavy atom. The Balaban J connectivity index is 0.000000547. The first-order valence-corrected chi connectivity index (χ1v) is 18.7. The number of aromatic amines is 2. The van der Waals surface area contributed by atoms with E-state index >= 15 is 0 Å². The number of hydrogen-bond donors (Lipinski definition) is 2. The van der Waals surface area contributed by atoms with E-state index in [2.05, 4.69) is 96.1 Å². The zero-order valence-corrected chi connectivity index (χ0v) is 28.8. The molecule has 0 aliphatic carbocycles. The van der Waals surface area contributed by atoms with Gasteiger partial charge < -0.3 is 15.4 Å². The summed E-state index contributed by atoms with van der Waals surface area (Å²) >= 11 is 8.02. The molecule has 4 rings (SSSR count). The molecule has 0 radical (unpaired) electrons. The molecule has 0 unspecified atom stereocenters. The van der Waals surface area contributed by atoms with Gasteiger partial charge in [-0.25, -0.2) is 9.97 Å². The molecule has 0 saturated carbocycles. The minimum Gasteiger partial charge on any atom is -0.870 e. The molecule has 0 saturated heterocycles. The topological polar surface area (TPSA) is 87.4 Å². The van der Waals surface area contributed by atoms with Crippen molar-refractivity contribution in [2.45, 2.75) is 56.2 Å². The number of nitrogens with zero attached hydrogens (tertiary/aromatic N) is 2. The van der Waals surface area contributed by atoms with E-state index in [1.807, 2.05) is 48.3 Å². The molecule has 4 heterocycles. The van der Waals surface area contributed by atoms with Gasteiger partial charge in [0.1, 0.15) is 11.3 Å². The summed E-state index contributed by atoms with van der Waals surface area (Å²) in [6, 6.07) is 6.49. The average Bonchev–Trinajstić information content (AvgIpc) is 3.42. The van der Waals surface area contributed by atoms with Crippen LogP contribution in [0.2, 0.25) is 0 Å². The molecule has 0 amide bonds. The first-order chi connectivity index (χ1) is 15.2. The summed E-state index contributed by atoms with van der Waals surface area (Å²) in [6.45, 7) is 6.55. The molecule has 4 aromatic heterocycles. The predicted molar refractivity (Wildman–Crippen MR) is 158 cm³/mol. The summed E-state index contributed by atoms with van der Waals surface area (Å²) in [5, 5.41) is 2.45. The van der Waals surface area contributed by atoms with Crippen molar-refractivity contribution < 1.29 is 56.9 Å². The second-order valence-corrected chi connectivity index (χ2v) is 9.37. The van der Waals surface area contributed by atoms with Crippen molar-refractivity contribution in [1.29, 1.82) is 0 Å². The summed E-state index contributed by atoms with van der Waals surface area (Å²) in [7, 11) is 0. The van der Waals surface area contributed by atoms with E-state index in [4.69, 9.17) is 0 Å². The molecular weight excluding hydrogens is 705 g/mol. The number of halogens is 2. The van der Waals surface area contributed by atoms with Gasteiger partial charge in [-0.3, -0.25) is 0 Å². The Morgan fingerprint density at radius 1 is 0.879 bits per heavy atom. The fourth-order valence-corrected chi connectivity index (χ4v) is 4.87. The van der Waals surface area contributed by atoms with E-state index in [9.17, 15) is 0 Å². The van der Waals surface area contributed by atoms with Gasteiger partial charge in [-0.2, -0.15) is 0 Å². The number of nitrogens with one attached hydrogen (secondary N) is 2. The molecule has 0 bridgehead atoms. The first-order valence-electron chi connectivity index (χ1n) is 10.5. The third kappa shape index (κ3) is 11.8. The van der Waals surface area contributed by atoms with Gasteiger partial charge in [0, 0.05) is 82.6 Å². The normalized spacial score (nSPS) is 9.85. The zero-order valence-electron chi connectivity index (χ0n) is 19.7. The van der Waals surface area contributed by atoms with Crippen LogP contribution in [0.3, 0.4) is 0 Å². The molecule has 0 aliphatic heterocycles. The average molecular weight is 737 g/mol. The zero-order chi connectivity index (χ0) is 22.5. The van der Waals surface area contributed by atoms with Crippen LogP contribution in [0, 0.1) is 6.92 Å². The maximum absolute atomic E-state index is 4.40. The van der Waals surface area contributed by atoms with Gasteiger partial charge in [0.05, 0.1) is 0 Å². The van der Waals surface area contributed by atoms with Crippen molar-refractivity contribution in [2.75, 3.05) is 11.5 Å². The van der Waals surface area contributed by atoms with Crippen molar-refractivity contribution >= 4 is 82.8 Å². The van der Waals surface area contributed by atoms with E-state index in [1.54, 1.807) is 0 Å². The van der Waals surface area contributed by atoms with E-state index in [1.165, 1.54) is 63.3 Å². The number of unbranched alkanes of at least 4 members (excludes halogenated alkanes) is 2. The SMILES string of the molecule is CCCCSc1cnc2[nH]cc(C)c2c1.CCCCSc1cnc2[nH]ccc2c1.II.[K+].[OH-]. The van der Waals surface area contributed by atoms with Crippen molar-refractivity contribution in [3.63, 3.8) is 0 Å². The van der Waals surface area contributed by atoms with Gasteiger partial charge >= 0.3 is 51.4 Å². The van der Waals surface area contributed by atoms with E-state index in [0.717, 1.165) is 11.3 Å². The van der Waals surface area contributed by atoms with Crippen LogP contribution in [-0.4, -0.2) is 36.9 Å². The molecule has 0 atom stereocenters. The maximum atomic E-state index is 4.40. The Hall–Kier alpha value is 1.14. The molecule has 33 heavy (non-hydrogen) atoms. The predicted octanol–water partition coefficient (Wildman–Crippen LogP) is 5.82. The number of H-pyrrole nitrogens is 2. The van der Waals surface area contributed by atoms with Gasteiger partial charge in [0.15, 0.2) is 0 Å². The van der Waals surface area contributed by atoms with Crippen LogP contribution >= 0.6 is 60.8 Å². The standard InChI is InChI=1S/C12H16N2S.C11H14N2S.I2.K.H2O/c1-3-4-5-15-10-6-11-9(2)7-13-12(11)14-8-10;1-2-3-6-14-10-7-9-4-5-12-11(9)13-8-10;1-2;;/h6-8H,3-5H2,1-2H3,(H,13,14);4-5,7-8H,2-3,6H2,1H3,(H,12,13);;;1H2/q;;;+1;/p-1. The number of fused-ring (bicyclic) bond motifs is 2. The van der Waals surface area contributed by atoms with Gasteiger partial charge in [-0.05, 0) is 55.0 Å². The number of pyridine rings is 2. The molecule has 176 valence electrons. The van der Waals surface area contributed by atoms with Gasteiger partial charge in [-0.1, -0.05) is 26.7 Å². The van der Waals surface area contributed by atoms with Gasteiger partial charge in [0.25, 0.3) is 0 Å². The van der Waals surface area contributed by atoms with Crippen LogP contribution in [0.25, 0.3) is 22.1 Å². The maximum Gasteiger partial charge on any atom is 1.00 e. The summed E-state index contributed by atoms with van der Waals surface area (Å²) in [6.07, 6.45) is 12.9. The van der Waals surface area contributed by atoms with Crippen LogP contribution in [0.5, 0.6) is 0 Å². The van der Waals surface area contributed by atoms with Gasteiger partial charge in [0.2, 0.25) is 0 Å². The van der Waals surface area contributed by atoms with E-state index in [0.29, 0.717) is 0 Å². The molecule has 0 aliphatic rings. The number of thioether (sulfide) groups is 2. The molecule has 0 fully saturated rings. The van der Waals surface area contributed by atoms with Crippen LogP contribution < -0.4 is 51.4 Å². The van der Waals surface area contributed by atoms with Crippen LogP contribution in [0.15, 0.2) is 52.8 Å². The van der Waals surface area contributed by atoms with E-state index in [-0.39, 0.29) is 56.9 Å². The molecule has 3 N–H and O–H groups in total. The Bertz CT molecular complexity index is 1050. The van der Waals surface area contributed by atoms with Gasteiger partial charge in [-0.15, -0.1) is 23.5 Å². The summed E-state index contributed by atoms with van der Waals surface area (Å²) < 4.78 is 0. The van der Waals surface area contributed by atoms with E-state index < -0.39 is 0 Å². The summed E-state index contributed by atoms with van der Waals surface area (Å²) in [5.41, 5.74) is 3.24. The molecule has 0 spiro atoms. The molecule has 0 aromatic carbocycles. The number of aromatic nitrogens is 4. The minimum absolute atomic E-state index is 0. The third-order valence-electron chi connectivity index (χ3n) is 4.62. The fraction of sp³-hybridized carbons (Fsp3) is 0.391. The fourth-order valence-electron chi connectivity index (χ4n) is 2.86. The summed E-state index contributed by atoms with van der Waals surface area (Å²) in [4.78, 5) is 17.5. The van der Waals surface area contributed by atoms with Crippen LogP contribution in [0.4, 0.5) is 0 Å². The van der Waals surface area contributed by atoms with Crippen molar-refractivity contribution in [3.8, 4) is 0 Å². The molecule has 10 heteroatoms. The monoisotopic (exact) mass is 736 g/mol. The Kier molecular flexibility index (Phi) is 20.9. The van der Waals surface area contributed by atoms with Crippen molar-refractivity contribution in [2.24, 2.45) is 0 Å². The third-order valence-corrected chi connectivity index (χ3v) is 6.72. The number of hydrogen-bond acceptors (Lipinski definition) is 5. The Morgan fingerprint density at radius 3 is 2.06 bits per heavy atom. The number of aryl methyl sites for hydroxylation is 1. The molecule has 4 aromatic rings. The van der Waals surface area contributed by atoms with Crippen LogP contribution in [0.1, 0.15) is 45.1 Å². The molecular formula is C23H31I2KN4OS2. The quantitative estimate of drug-likeness (QED) is 0.103. The number of rotatable bonds is 8. The molecule has 5 nitrogen and oxygen atoms in total. The van der Waals surface area contributed by atoms with Crippen LogP contribution in [-0.2, 0) is 0 Å². The van der Waals surface area contributed by atoms with Crippen molar-refractivity contribution in [1.82, 2.24) is 19.9 Å². The Labute approximate surface area is 271 Å². The largest absolute Gasteiger partial charge is 1.00 e. The minimum atomic E-state index is 0.